The maximum absolute atomic E-state index is 12.9. The van der Waals surface area contributed by atoms with Crippen LogP contribution in [0.3, 0.4) is 0 Å². The van der Waals surface area contributed by atoms with Gasteiger partial charge in [-0.1, -0.05) is 12.1 Å². The van der Waals surface area contributed by atoms with Gasteiger partial charge < -0.3 is 10.1 Å². The summed E-state index contributed by atoms with van der Waals surface area (Å²) in [5.74, 6) is 0.697. The zero-order valence-corrected chi connectivity index (χ0v) is 16.5. The lowest BCUT2D eigenvalue weighted by Crippen LogP contribution is -2.27. The Morgan fingerprint density at radius 2 is 1.93 bits per heavy atom. The number of fused-ring (bicyclic) bond motifs is 1. The Morgan fingerprint density at radius 1 is 1.22 bits per heavy atom. The Balaban J connectivity index is 1.85. The minimum atomic E-state index is -0.129. The molecule has 27 heavy (non-hydrogen) atoms. The highest BCUT2D eigenvalue weighted by molar-refractivity contribution is 6.05. The average molecular weight is 366 g/mol. The van der Waals surface area contributed by atoms with Crippen molar-refractivity contribution in [1.29, 1.82) is 0 Å². The van der Waals surface area contributed by atoms with Crippen LogP contribution in [0.5, 0.6) is 5.75 Å². The van der Waals surface area contributed by atoms with Gasteiger partial charge in [-0.2, -0.15) is 5.10 Å². The second-order valence-electron chi connectivity index (χ2n) is 6.93. The summed E-state index contributed by atoms with van der Waals surface area (Å²) >= 11 is 0. The fourth-order valence-corrected chi connectivity index (χ4v) is 3.09. The summed E-state index contributed by atoms with van der Waals surface area (Å²) in [4.78, 5) is 17.5. The third kappa shape index (κ3) is 3.94. The predicted octanol–water partition coefficient (Wildman–Crippen LogP) is 4.21. The number of ether oxygens (including phenoxy) is 1. The van der Waals surface area contributed by atoms with Crippen LogP contribution in [0.1, 0.15) is 61.4 Å². The molecule has 2 heterocycles. The monoisotopic (exact) mass is 366 g/mol. The number of amides is 1. The van der Waals surface area contributed by atoms with E-state index in [-0.39, 0.29) is 18.0 Å². The van der Waals surface area contributed by atoms with Gasteiger partial charge in [-0.25, -0.2) is 9.67 Å². The van der Waals surface area contributed by atoms with Crippen LogP contribution < -0.4 is 10.1 Å². The van der Waals surface area contributed by atoms with Gasteiger partial charge in [0.2, 0.25) is 0 Å². The Labute approximate surface area is 159 Å². The molecule has 1 atom stereocenters. The lowest BCUT2D eigenvalue weighted by molar-refractivity contribution is 0.0941. The van der Waals surface area contributed by atoms with Crippen LogP contribution in [0.25, 0.3) is 11.0 Å². The molecule has 0 saturated carbocycles. The van der Waals surface area contributed by atoms with E-state index in [9.17, 15) is 4.79 Å². The molecule has 1 aromatic carbocycles. The number of aryl methyl sites for hydroxylation is 1. The summed E-state index contributed by atoms with van der Waals surface area (Å²) in [5, 5.41) is 8.25. The molecule has 1 N–H and O–H groups in total. The van der Waals surface area contributed by atoms with E-state index in [4.69, 9.17) is 4.74 Å². The topological polar surface area (TPSA) is 69.0 Å². The number of hydrogen-bond acceptors (Lipinski definition) is 4. The average Bonchev–Trinajstić information content (AvgIpc) is 3.05. The summed E-state index contributed by atoms with van der Waals surface area (Å²) in [6, 6.07) is 9.65. The van der Waals surface area contributed by atoms with E-state index < -0.39 is 0 Å². The van der Waals surface area contributed by atoms with E-state index in [1.165, 1.54) is 0 Å². The fraction of sp³-hybridized carbons (Fsp3) is 0.381. The van der Waals surface area contributed by atoms with Gasteiger partial charge in [0, 0.05) is 11.7 Å². The number of pyridine rings is 1. The second kappa shape index (κ2) is 7.78. The molecule has 0 aliphatic carbocycles. The van der Waals surface area contributed by atoms with Gasteiger partial charge in [-0.3, -0.25) is 4.79 Å². The molecule has 3 rings (SSSR count). The molecular weight excluding hydrogens is 340 g/mol. The molecule has 0 radical (unpaired) electrons. The lowest BCUT2D eigenvalue weighted by Gasteiger charge is -2.16. The smallest absolute Gasteiger partial charge is 0.252 e. The standard InChI is InChI=1S/C21H26N4O2/c1-6-27-17-9-7-16(8-10-17)15(5)24-21(26)18-11-14(4)23-20-19(18)12-22-25(20)13(2)3/h7-13,15H,6H2,1-5H3,(H,24,26)/t15-/m1/s1. The van der Waals surface area contributed by atoms with Crippen LogP contribution in [-0.4, -0.2) is 27.3 Å². The third-order valence-corrected chi connectivity index (χ3v) is 4.47. The molecule has 0 fully saturated rings. The van der Waals surface area contributed by atoms with Crippen LogP contribution in [0.2, 0.25) is 0 Å². The van der Waals surface area contributed by atoms with Crippen LogP contribution >= 0.6 is 0 Å². The number of nitrogens with one attached hydrogen (secondary N) is 1. The van der Waals surface area contributed by atoms with Crippen molar-refractivity contribution < 1.29 is 9.53 Å². The number of carbonyl (C=O) groups excluding carboxylic acids is 1. The van der Waals surface area contributed by atoms with Crippen molar-refractivity contribution in [3.05, 3.63) is 53.3 Å². The summed E-state index contributed by atoms with van der Waals surface area (Å²) in [7, 11) is 0. The Hall–Kier alpha value is -2.89. The molecular formula is C21H26N4O2. The summed E-state index contributed by atoms with van der Waals surface area (Å²) in [6.07, 6.45) is 1.72. The molecule has 0 unspecified atom stereocenters. The highest BCUT2D eigenvalue weighted by Gasteiger charge is 2.18. The van der Waals surface area contributed by atoms with Gasteiger partial charge in [0.05, 0.1) is 29.8 Å². The molecule has 142 valence electrons. The van der Waals surface area contributed by atoms with Crippen molar-refractivity contribution in [2.24, 2.45) is 0 Å². The van der Waals surface area contributed by atoms with Crippen molar-refractivity contribution in [2.75, 3.05) is 6.61 Å². The Morgan fingerprint density at radius 3 is 2.56 bits per heavy atom. The Bertz CT molecular complexity index is 945. The SMILES string of the molecule is CCOc1ccc([C@@H](C)NC(=O)c2cc(C)nc3c2cnn3C(C)C)cc1. The molecule has 0 saturated heterocycles. The summed E-state index contributed by atoms with van der Waals surface area (Å²) < 4.78 is 7.31. The number of nitrogens with zero attached hydrogens (tertiary/aromatic N) is 3. The first-order valence-corrected chi connectivity index (χ1v) is 9.29. The molecule has 0 aliphatic heterocycles. The predicted molar refractivity (Wildman–Crippen MR) is 106 cm³/mol. The quantitative estimate of drug-likeness (QED) is 0.709. The second-order valence-corrected chi connectivity index (χ2v) is 6.93. The van der Waals surface area contributed by atoms with Gasteiger partial charge in [0.15, 0.2) is 5.65 Å². The summed E-state index contributed by atoms with van der Waals surface area (Å²) in [5.41, 5.74) is 3.15. The normalized spacial score (nSPS) is 12.4. The zero-order valence-electron chi connectivity index (χ0n) is 16.5. The highest BCUT2D eigenvalue weighted by atomic mass is 16.5. The number of carbonyl (C=O) groups is 1. The van der Waals surface area contributed by atoms with Crippen LogP contribution in [-0.2, 0) is 0 Å². The molecule has 6 heteroatoms. The molecule has 0 aliphatic rings. The third-order valence-electron chi connectivity index (χ3n) is 4.47. The molecule has 0 bridgehead atoms. The van der Waals surface area contributed by atoms with Gasteiger partial charge in [0.1, 0.15) is 5.75 Å². The Kier molecular flexibility index (Phi) is 5.44. The number of hydrogen-bond donors (Lipinski definition) is 1. The molecule has 1 amide bonds. The van der Waals surface area contributed by atoms with Crippen molar-refractivity contribution in [1.82, 2.24) is 20.1 Å². The van der Waals surface area contributed by atoms with Crippen LogP contribution in [0.4, 0.5) is 0 Å². The summed E-state index contributed by atoms with van der Waals surface area (Å²) in [6.45, 7) is 10.5. The molecule has 3 aromatic rings. The molecule has 2 aromatic heterocycles. The zero-order chi connectivity index (χ0) is 19.6. The minimum absolute atomic E-state index is 0.128. The fourth-order valence-electron chi connectivity index (χ4n) is 3.09. The lowest BCUT2D eigenvalue weighted by atomic mass is 10.1. The largest absolute Gasteiger partial charge is 0.494 e. The van der Waals surface area contributed by atoms with Gasteiger partial charge in [-0.05, 0) is 58.4 Å². The van der Waals surface area contributed by atoms with Crippen LogP contribution in [0.15, 0.2) is 36.5 Å². The molecule has 6 nitrogen and oxygen atoms in total. The van der Waals surface area contributed by atoms with Gasteiger partial charge >= 0.3 is 0 Å². The number of benzene rings is 1. The van der Waals surface area contributed by atoms with E-state index in [1.54, 1.807) is 6.20 Å². The van der Waals surface area contributed by atoms with E-state index in [1.807, 2.05) is 69.6 Å². The van der Waals surface area contributed by atoms with E-state index >= 15 is 0 Å². The van der Waals surface area contributed by atoms with E-state index in [0.717, 1.165) is 28.0 Å². The van der Waals surface area contributed by atoms with Gasteiger partial charge in [-0.15, -0.1) is 0 Å². The first-order chi connectivity index (χ1) is 12.9. The van der Waals surface area contributed by atoms with E-state index in [2.05, 4.69) is 15.4 Å². The first-order valence-electron chi connectivity index (χ1n) is 9.29. The highest BCUT2D eigenvalue weighted by Crippen LogP contribution is 2.23. The number of rotatable bonds is 6. The maximum Gasteiger partial charge on any atom is 0.252 e. The van der Waals surface area contributed by atoms with Crippen molar-refractivity contribution in [3.8, 4) is 5.75 Å². The van der Waals surface area contributed by atoms with Crippen molar-refractivity contribution in [3.63, 3.8) is 0 Å². The number of aromatic nitrogens is 3. The van der Waals surface area contributed by atoms with Crippen molar-refractivity contribution in [2.45, 2.75) is 46.7 Å². The first kappa shape index (κ1) is 18.9. The maximum atomic E-state index is 12.9. The molecule has 0 spiro atoms. The van der Waals surface area contributed by atoms with E-state index in [0.29, 0.717) is 12.2 Å². The van der Waals surface area contributed by atoms with Gasteiger partial charge in [0.25, 0.3) is 5.91 Å². The van der Waals surface area contributed by atoms with Crippen LogP contribution in [0, 0.1) is 6.92 Å². The minimum Gasteiger partial charge on any atom is -0.494 e. The van der Waals surface area contributed by atoms with Crippen molar-refractivity contribution >= 4 is 16.9 Å².